The molecule has 166 valence electrons. The smallest absolute Gasteiger partial charge is 0.239 e. The molecule has 2 saturated heterocycles. The molecule has 2 aliphatic rings. The van der Waals surface area contributed by atoms with Gasteiger partial charge < -0.3 is 10.6 Å². The number of carbonyl (C=O) groups is 2. The zero-order valence-corrected chi connectivity index (χ0v) is 18.3. The molecule has 2 N–H and O–H groups in total. The number of nitrogens with zero attached hydrogens (tertiary/aromatic N) is 4. The Morgan fingerprint density at radius 2 is 2.16 bits per heavy atom. The Morgan fingerprint density at radius 1 is 1.35 bits per heavy atom. The first-order valence-electron chi connectivity index (χ1n) is 10.5. The molecule has 1 aromatic heterocycles. The highest BCUT2D eigenvalue weighted by molar-refractivity contribution is 7.03. The van der Waals surface area contributed by atoms with Crippen molar-refractivity contribution in [1.29, 1.82) is 0 Å². The van der Waals surface area contributed by atoms with Gasteiger partial charge >= 0.3 is 0 Å². The number of likely N-dealkylation sites (N-methyl/N-ethyl adjacent to an activating group) is 1. The summed E-state index contributed by atoms with van der Waals surface area (Å²) in [5, 5.41) is 12.0. The molecular weight excluding hydrogens is 419 g/mol. The van der Waals surface area contributed by atoms with Crippen molar-refractivity contribution in [3.63, 3.8) is 0 Å². The van der Waals surface area contributed by atoms with Crippen LogP contribution in [0.4, 0.5) is 4.39 Å². The number of aromatic nitrogens is 2. The maximum atomic E-state index is 13.0. The first-order chi connectivity index (χ1) is 15.0. The van der Waals surface area contributed by atoms with Crippen LogP contribution < -0.4 is 10.6 Å². The topological polar surface area (TPSA) is 90.5 Å². The first-order valence-corrected chi connectivity index (χ1v) is 11.4. The van der Waals surface area contributed by atoms with E-state index in [2.05, 4.69) is 30.0 Å². The van der Waals surface area contributed by atoms with E-state index in [1.807, 2.05) is 12.4 Å². The fourth-order valence-electron chi connectivity index (χ4n) is 4.48. The summed E-state index contributed by atoms with van der Waals surface area (Å²) in [5.41, 5.74) is 1.75. The van der Waals surface area contributed by atoms with Crippen LogP contribution in [0.5, 0.6) is 0 Å². The van der Waals surface area contributed by atoms with E-state index in [4.69, 9.17) is 0 Å². The number of benzene rings is 1. The average Bonchev–Trinajstić information content (AvgIpc) is 3.40. The van der Waals surface area contributed by atoms with E-state index in [9.17, 15) is 14.0 Å². The molecule has 0 bridgehead atoms. The van der Waals surface area contributed by atoms with Crippen molar-refractivity contribution in [3.05, 3.63) is 46.7 Å². The van der Waals surface area contributed by atoms with Gasteiger partial charge in [-0.25, -0.2) is 4.39 Å². The summed E-state index contributed by atoms with van der Waals surface area (Å²) < 4.78 is 16.9. The summed E-state index contributed by atoms with van der Waals surface area (Å²) in [5.74, 6) is -0.296. The molecule has 31 heavy (non-hydrogen) atoms. The molecule has 2 aliphatic heterocycles. The van der Waals surface area contributed by atoms with Gasteiger partial charge in [0.2, 0.25) is 11.8 Å². The SMILES string of the molecule is CN1C(CCC(=O)NCc2ccc(F)cc2)CNC(=O)C2C1CCN2Cc1csnn1. The van der Waals surface area contributed by atoms with Crippen molar-refractivity contribution in [2.75, 3.05) is 20.1 Å². The van der Waals surface area contributed by atoms with Gasteiger partial charge in [-0.1, -0.05) is 16.6 Å². The normalized spacial score (nSPS) is 24.5. The Balaban J connectivity index is 1.30. The summed E-state index contributed by atoms with van der Waals surface area (Å²) in [6.07, 6.45) is 1.93. The molecule has 4 rings (SSSR count). The average molecular weight is 447 g/mol. The van der Waals surface area contributed by atoms with Crippen LogP contribution in [-0.4, -0.2) is 69.5 Å². The lowest BCUT2D eigenvalue weighted by molar-refractivity contribution is -0.126. The Bertz CT molecular complexity index is 894. The number of likely N-dealkylation sites (tertiary alicyclic amines) is 1. The minimum absolute atomic E-state index is 0.0424. The Morgan fingerprint density at radius 3 is 2.90 bits per heavy atom. The number of halogens is 1. The van der Waals surface area contributed by atoms with Crippen LogP contribution in [-0.2, 0) is 22.7 Å². The highest BCUT2D eigenvalue weighted by Crippen LogP contribution is 2.28. The Kier molecular flexibility index (Phi) is 6.89. The number of amides is 2. The number of hydrogen-bond acceptors (Lipinski definition) is 7. The van der Waals surface area contributed by atoms with Crippen LogP contribution in [0.15, 0.2) is 29.6 Å². The number of carbonyl (C=O) groups excluding carboxylic acids is 2. The van der Waals surface area contributed by atoms with Crippen LogP contribution in [0.3, 0.4) is 0 Å². The molecule has 3 heterocycles. The van der Waals surface area contributed by atoms with Gasteiger partial charge in [0.25, 0.3) is 0 Å². The van der Waals surface area contributed by atoms with Crippen molar-refractivity contribution >= 4 is 23.3 Å². The molecule has 0 radical (unpaired) electrons. The third-order valence-corrected chi connectivity index (χ3v) is 6.78. The summed E-state index contributed by atoms with van der Waals surface area (Å²) in [6, 6.07) is 6.09. The molecule has 2 fully saturated rings. The van der Waals surface area contributed by atoms with Gasteiger partial charge in [0.05, 0.1) is 5.69 Å². The molecular formula is C21H27FN6O2S. The molecule has 0 aliphatic carbocycles. The Hall–Kier alpha value is -2.43. The van der Waals surface area contributed by atoms with Crippen LogP contribution >= 0.6 is 11.5 Å². The van der Waals surface area contributed by atoms with E-state index >= 15 is 0 Å². The van der Waals surface area contributed by atoms with Crippen LogP contribution in [0, 0.1) is 5.82 Å². The summed E-state index contributed by atoms with van der Waals surface area (Å²) in [4.78, 5) is 29.6. The highest BCUT2D eigenvalue weighted by atomic mass is 32.1. The van der Waals surface area contributed by atoms with Crippen molar-refractivity contribution in [2.45, 2.75) is 50.5 Å². The van der Waals surface area contributed by atoms with Gasteiger partial charge in [0.1, 0.15) is 11.9 Å². The molecule has 0 saturated carbocycles. The third kappa shape index (κ3) is 5.25. The lowest BCUT2D eigenvalue weighted by Crippen LogP contribution is -2.49. The lowest BCUT2D eigenvalue weighted by atomic mass is 10.0. The zero-order chi connectivity index (χ0) is 21.8. The van der Waals surface area contributed by atoms with Gasteiger partial charge in [0, 0.05) is 50.1 Å². The number of rotatable bonds is 7. The van der Waals surface area contributed by atoms with E-state index in [0.29, 0.717) is 32.5 Å². The summed E-state index contributed by atoms with van der Waals surface area (Å²) >= 11 is 1.32. The molecule has 8 nitrogen and oxygen atoms in total. The Labute approximate surface area is 185 Å². The lowest BCUT2D eigenvalue weighted by Gasteiger charge is -2.33. The van der Waals surface area contributed by atoms with Crippen molar-refractivity contribution in [2.24, 2.45) is 0 Å². The molecule has 10 heteroatoms. The zero-order valence-electron chi connectivity index (χ0n) is 17.5. The predicted molar refractivity (Wildman–Crippen MR) is 115 cm³/mol. The summed E-state index contributed by atoms with van der Waals surface area (Å²) in [7, 11) is 2.05. The van der Waals surface area contributed by atoms with Crippen molar-refractivity contribution in [1.82, 2.24) is 30.0 Å². The van der Waals surface area contributed by atoms with E-state index in [1.54, 1.807) is 12.1 Å². The number of nitrogens with one attached hydrogen (secondary N) is 2. The van der Waals surface area contributed by atoms with Crippen LogP contribution in [0.2, 0.25) is 0 Å². The molecule has 2 aromatic rings. The minimum Gasteiger partial charge on any atom is -0.353 e. The maximum Gasteiger partial charge on any atom is 0.239 e. The van der Waals surface area contributed by atoms with Gasteiger partial charge in [-0.3, -0.25) is 19.4 Å². The number of hydrogen-bond donors (Lipinski definition) is 2. The monoisotopic (exact) mass is 446 g/mol. The highest BCUT2D eigenvalue weighted by Gasteiger charge is 2.45. The predicted octanol–water partition coefficient (Wildman–Crippen LogP) is 1.15. The van der Waals surface area contributed by atoms with Crippen molar-refractivity contribution < 1.29 is 14.0 Å². The number of fused-ring (bicyclic) bond motifs is 1. The summed E-state index contributed by atoms with van der Waals surface area (Å²) in [6.45, 7) is 2.35. The fourth-order valence-corrected chi connectivity index (χ4v) is 4.92. The van der Waals surface area contributed by atoms with Gasteiger partial charge in [0.15, 0.2) is 0 Å². The van der Waals surface area contributed by atoms with Gasteiger partial charge in [-0.15, -0.1) is 5.10 Å². The van der Waals surface area contributed by atoms with E-state index in [0.717, 1.165) is 24.2 Å². The fraction of sp³-hybridized carbons (Fsp3) is 0.524. The molecule has 3 unspecified atom stereocenters. The molecule has 2 amide bonds. The maximum absolute atomic E-state index is 13.0. The van der Waals surface area contributed by atoms with Gasteiger partial charge in [-0.05, 0) is 49.1 Å². The third-order valence-electron chi connectivity index (χ3n) is 6.23. The minimum atomic E-state index is -0.291. The second kappa shape index (κ2) is 9.80. The van der Waals surface area contributed by atoms with E-state index < -0.39 is 0 Å². The second-order valence-corrected chi connectivity index (χ2v) is 8.78. The van der Waals surface area contributed by atoms with Gasteiger partial charge in [-0.2, -0.15) is 0 Å². The molecule has 0 spiro atoms. The first kappa shape index (κ1) is 21.8. The van der Waals surface area contributed by atoms with Crippen molar-refractivity contribution in [3.8, 4) is 0 Å². The standard InChI is InChI=1S/C21H27FN6O2S/c1-27-17(6-7-19(29)23-10-14-2-4-15(22)5-3-14)11-24-21(30)20-18(27)8-9-28(20)12-16-13-31-26-25-16/h2-5,13,17-18,20H,6-12H2,1H3,(H,23,29)(H,24,30). The largest absolute Gasteiger partial charge is 0.353 e. The van der Waals surface area contributed by atoms with E-state index in [1.165, 1.54) is 23.7 Å². The van der Waals surface area contributed by atoms with E-state index in [-0.39, 0.29) is 35.8 Å². The van der Waals surface area contributed by atoms with Crippen LogP contribution in [0.1, 0.15) is 30.5 Å². The quantitative estimate of drug-likeness (QED) is 0.663. The van der Waals surface area contributed by atoms with Crippen LogP contribution in [0.25, 0.3) is 0 Å². The molecule has 3 atom stereocenters. The second-order valence-electron chi connectivity index (χ2n) is 8.17. The molecule has 1 aromatic carbocycles.